The summed E-state index contributed by atoms with van der Waals surface area (Å²) in [5.41, 5.74) is 8.92. The Balaban J connectivity index is 1.48. The zero-order valence-electron chi connectivity index (χ0n) is 18.9. The molecule has 0 saturated carbocycles. The average molecular weight is 489 g/mol. The van der Waals surface area contributed by atoms with E-state index in [0.29, 0.717) is 30.2 Å². The van der Waals surface area contributed by atoms with Gasteiger partial charge >= 0.3 is 6.36 Å². The van der Waals surface area contributed by atoms with E-state index in [9.17, 15) is 18.0 Å². The second-order valence-electron chi connectivity index (χ2n) is 8.51. The minimum Gasteiger partial charge on any atom is -0.404 e. The molecule has 0 unspecified atom stereocenters. The molecule has 3 aromatic heterocycles. The monoisotopic (exact) mass is 489 g/mol. The summed E-state index contributed by atoms with van der Waals surface area (Å²) < 4.78 is 52.7. The summed E-state index contributed by atoms with van der Waals surface area (Å²) in [6, 6.07) is 3.27. The van der Waals surface area contributed by atoms with E-state index in [0.717, 1.165) is 28.8 Å². The highest BCUT2D eigenvalue weighted by Crippen LogP contribution is 2.38. The lowest BCUT2D eigenvalue weighted by Gasteiger charge is -2.40. The third-order valence-electron chi connectivity index (χ3n) is 6.17. The second-order valence-corrected chi connectivity index (χ2v) is 8.51. The lowest BCUT2D eigenvalue weighted by molar-refractivity contribution is -0.274. The Morgan fingerprint density at radius 2 is 2.00 bits per heavy atom. The van der Waals surface area contributed by atoms with Crippen LogP contribution in [-0.2, 0) is 16.1 Å². The van der Waals surface area contributed by atoms with E-state index in [1.54, 1.807) is 11.0 Å². The summed E-state index contributed by atoms with van der Waals surface area (Å²) in [5, 5.41) is 0.737. The highest BCUT2D eigenvalue weighted by molar-refractivity contribution is 5.97. The number of hydrogen-bond donors (Lipinski definition) is 1. The number of ether oxygens (including phenoxy) is 3. The van der Waals surface area contributed by atoms with Gasteiger partial charge in [-0.1, -0.05) is 0 Å². The van der Waals surface area contributed by atoms with Crippen LogP contribution in [0.2, 0.25) is 0 Å². The molecule has 35 heavy (non-hydrogen) atoms. The molecular weight excluding hydrogens is 467 g/mol. The fourth-order valence-corrected chi connectivity index (χ4v) is 4.59. The molecule has 3 aromatic rings. The number of alkyl halides is 3. The van der Waals surface area contributed by atoms with Crippen molar-refractivity contribution in [1.29, 1.82) is 0 Å². The van der Waals surface area contributed by atoms with E-state index in [2.05, 4.69) is 19.7 Å². The third-order valence-corrected chi connectivity index (χ3v) is 6.17. The lowest BCUT2D eigenvalue weighted by atomic mass is 10.0. The molecule has 0 spiro atoms. The van der Waals surface area contributed by atoms with Crippen LogP contribution < -0.4 is 10.5 Å². The van der Waals surface area contributed by atoms with Crippen LogP contribution in [0.1, 0.15) is 53.3 Å². The molecule has 1 saturated heterocycles. The first-order chi connectivity index (χ1) is 16.6. The van der Waals surface area contributed by atoms with Crippen molar-refractivity contribution in [1.82, 2.24) is 19.9 Å². The molecular formula is C23H22F3N5O4. The first-order valence-corrected chi connectivity index (χ1v) is 10.9. The maximum atomic E-state index is 13.7. The molecule has 0 bridgehead atoms. The zero-order valence-corrected chi connectivity index (χ0v) is 18.9. The number of hydrogen-bond acceptors (Lipinski definition) is 8. The summed E-state index contributed by atoms with van der Waals surface area (Å²) >= 11 is 0. The van der Waals surface area contributed by atoms with Gasteiger partial charge in [0, 0.05) is 10.9 Å². The molecule has 5 heterocycles. The molecule has 2 N–H and O–H groups in total. The van der Waals surface area contributed by atoms with Gasteiger partial charge in [0.1, 0.15) is 17.3 Å². The van der Waals surface area contributed by atoms with Crippen LogP contribution in [0.4, 0.5) is 19.0 Å². The second kappa shape index (κ2) is 8.61. The number of aromatic nitrogens is 3. The van der Waals surface area contributed by atoms with E-state index in [1.165, 1.54) is 12.3 Å². The van der Waals surface area contributed by atoms with Gasteiger partial charge in [-0.25, -0.2) is 9.97 Å². The minimum atomic E-state index is -4.82. The van der Waals surface area contributed by atoms with Gasteiger partial charge in [-0.05, 0) is 37.6 Å². The topological polar surface area (TPSA) is 113 Å². The molecule has 2 aliphatic heterocycles. The van der Waals surface area contributed by atoms with E-state index in [1.807, 2.05) is 13.8 Å². The molecule has 3 atom stereocenters. The van der Waals surface area contributed by atoms with Gasteiger partial charge in [0.25, 0.3) is 5.91 Å². The van der Waals surface area contributed by atoms with Crippen LogP contribution in [0.25, 0.3) is 10.9 Å². The molecule has 184 valence electrons. The number of fused-ring (bicyclic) bond motifs is 3. The standard InChI is InChI=1S/C23H22F3N5O4/c1-11-8-33-10-19(16-4-3-13(6-28-16)35-23(24,25)26)31(11)22(32)17-5-14-15-9-34-12(2)20(15)21(27)30-18(14)7-29-17/h3-7,11-12,19H,8-10H2,1-2H3,(H2,27,30)/t11-,12-,19-/m1/s1. The first-order valence-electron chi connectivity index (χ1n) is 10.9. The summed E-state index contributed by atoms with van der Waals surface area (Å²) in [5.74, 6) is -0.427. The van der Waals surface area contributed by atoms with Crippen molar-refractivity contribution in [3.05, 3.63) is 53.1 Å². The number of nitrogens with zero attached hydrogens (tertiary/aromatic N) is 4. The van der Waals surface area contributed by atoms with Gasteiger partial charge in [0.15, 0.2) is 0 Å². The van der Waals surface area contributed by atoms with Gasteiger partial charge in [0.2, 0.25) is 0 Å². The fourth-order valence-electron chi connectivity index (χ4n) is 4.59. The molecule has 5 rings (SSSR count). The molecule has 2 aliphatic rings. The van der Waals surface area contributed by atoms with E-state index in [-0.39, 0.29) is 30.4 Å². The molecule has 1 fully saturated rings. The van der Waals surface area contributed by atoms with Crippen molar-refractivity contribution in [3.63, 3.8) is 0 Å². The van der Waals surface area contributed by atoms with Gasteiger partial charge in [0.05, 0.1) is 61.6 Å². The SMILES string of the molecule is C[C@@H]1COC[C@H](c2ccc(OC(F)(F)F)cn2)N1C(=O)c1cc2c3c(c(N)nc2cn1)[C@@H](C)OC3. The van der Waals surface area contributed by atoms with Crippen LogP contribution >= 0.6 is 0 Å². The lowest BCUT2D eigenvalue weighted by Crippen LogP contribution is -2.49. The maximum absolute atomic E-state index is 13.7. The van der Waals surface area contributed by atoms with E-state index >= 15 is 0 Å². The first kappa shape index (κ1) is 23.2. The van der Waals surface area contributed by atoms with Crippen LogP contribution in [0.15, 0.2) is 30.6 Å². The van der Waals surface area contributed by atoms with E-state index in [4.69, 9.17) is 15.2 Å². The predicted molar refractivity (Wildman–Crippen MR) is 117 cm³/mol. The summed E-state index contributed by atoms with van der Waals surface area (Å²) in [7, 11) is 0. The van der Waals surface area contributed by atoms with Crippen LogP contribution in [0.3, 0.4) is 0 Å². The number of rotatable bonds is 3. The summed E-state index contributed by atoms with van der Waals surface area (Å²) in [6.45, 7) is 4.49. The number of carbonyl (C=O) groups is 1. The Hall–Kier alpha value is -3.51. The highest BCUT2D eigenvalue weighted by Gasteiger charge is 2.37. The Labute approximate surface area is 198 Å². The third kappa shape index (κ3) is 4.34. The quantitative estimate of drug-likeness (QED) is 0.593. The summed E-state index contributed by atoms with van der Waals surface area (Å²) in [6.07, 6.45) is -2.55. The van der Waals surface area contributed by atoms with Gasteiger partial charge in [-0.15, -0.1) is 13.2 Å². The van der Waals surface area contributed by atoms with Crippen molar-refractivity contribution in [2.24, 2.45) is 0 Å². The van der Waals surface area contributed by atoms with Crippen molar-refractivity contribution in [3.8, 4) is 5.75 Å². The normalized spacial score (nSPS) is 22.3. The maximum Gasteiger partial charge on any atom is 0.573 e. The zero-order chi connectivity index (χ0) is 24.9. The fraction of sp³-hybridized carbons (Fsp3) is 0.391. The van der Waals surface area contributed by atoms with Gasteiger partial charge in [-0.3, -0.25) is 9.78 Å². The number of nitrogens with two attached hydrogens (primary N) is 1. The number of pyridine rings is 3. The molecule has 0 radical (unpaired) electrons. The molecule has 0 aliphatic carbocycles. The van der Waals surface area contributed by atoms with Crippen LogP contribution in [0, 0.1) is 0 Å². The average Bonchev–Trinajstić information content (AvgIpc) is 3.20. The molecule has 0 aromatic carbocycles. The van der Waals surface area contributed by atoms with Crippen molar-refractivity contribution >= 4 is 22.6 Å². The van der Waals surface area contributed by atoms with Crippen molar-refractivity contribution < 1.29 is 32.2 Å². The van der Waals surface area contributed by atoms with Crippen LogP contribution in [0.5, 0.6) is 5.75 Å². The molecule has 1 amide bonds. The Morgan fingerprint density at radius 1 is 1.20 bits per heavy atom. The number of carbonyl (C=O) groups excluding carboxylic acids is 1. The smallest absolute Gasteiger partial charge is 0.404 e. The van der Waals surface area contributed by atoms with Crippen molar-refractivity contribution in [2.75, 3.05) is 18.9 Å². The Morgan fingerprint density at radius 3 is 2.71 bits per heavy atom. The summed E-state index contributed by atoms with van der Waals surface area (Å²) in [4.78, 5) is 28.1. The number of anilines is 1. The largest absolute Gasteiger partial charge is 0.573 e. The molecule has 9 nitrogen and oxygen atoms in total. The number of nitrogen functional groups attached to an aromatic ring is 1. The van der Waals surface area contributed by atoms with Gasteiger partial charge in [-0.2, -0.15) is 0 Å². The number of halogens is 3. The molecule has 12 heteroatoms. The number of amides is 1. The highest BCUT2D eigenvalue weighted by atomic mass is 19.4. The van der Waals surface area contributed by atoms with E-state index < -0.39 is 18.2 Å². The predicted octanol–water partition coefficient (Wildman–Crippen LogP) is 3.70. The minimum absolute atomic E-state index is 0.134. The Kier molecular flexibility index (Phi) is 5.72. The number of morpholine rings is 1. The van der Waals surface area contributed by atoms with Gasteiger partial charge < -0.3 is 24.8 Å². The van der Waals surface area contributed by atoms with Crippen LogP contribution in [-0.4, -0.2) is 51.4 Å². The van der Waals surface area contributed by atoms with Crippen molar-refractivity contribution in [2.45, 2.75) is 45.0 Å². The Bertz CT molecular complexity index is 1280.